The van der Waals surface area contributed by atoms with E-state index in [1.165, 1.54) is 0 Å². The average molecular weight is 379 g/mol. The molecule has 1 saturated heterocycles. The van der Waals surface area contributed by atoms with E-state index in [9.17, 15) is 4.79 Å². The number of anilines is 1. The minimum atomic E-state index is -0.133. The SMILES string of the molecule is CCOc1ccc(N2CC(c3nc(-c4cccc(OC)c4)no3)CC2=O)cc1. The molecule has 4 rings (SSSR count). The van der Waals surface area contributed by atoms with Crippen LogP contribution in [0.4, 0.5) is 5.69 Å². The first-order valence-electron chi connectivity index (χ1n) is 9.19. The zero-order chi connectivity index (χ0) is 19.5. The molecule has 144 valence electrons. The van der Waals surface area contributed by atoms with Crippen molar-refractivity contribution in [2.45, 2.75) is 19.3 Å². The first-order chi connectivity index (χ1) is 13.7. The lowest BCUT2D eigenvalue weighted by Crippen LogP contribution is -2.24. The van der Waals surface area contributed by atoms with E-state index in [4.69, 9.17) is 14.0 Å². The number of carbonyl (C=O) groups excluding carboxylic acids is 1. The number of nitrogens with zero attached hydrogens (tertiary/aromatic N) is 3. The lowest BCUT2D eigenvalue weighted by molar-refractivity contribution is -0.117. The van der Waals surface area contributed by atoms with Crippen molar-refractivity contribution in [3.05, 3.63) is 54.4 Å². The number of methoxy groups -OCH3 is 1. The summed E-state index contributed by atoms with van der Waals surface area (Å²) >= 11 is 0. The Balaban J connectivity index is 1.50. The van der Waals surface area contributed by atoms with Crippen LogP contribution in [-0.2, 0) is 4.79 Å². The maximum absolute atomic E-state index is 12.5. The van der Waals surface area contributed by atoms with Crippen LogP contribution in [0.3, 0.4) is 0 Å². The van der Waals surface area contributed by atoms with Crippen LogP contribution in [-0.4, -0.2) is 36.3 Å². The fourth-order valence-corrected chi connectivity index (χ4v) is 3.29. The molecule has 7 heteroatoms. The second-order valence-corrected chi connectivity index (χ2v) is 6.52. The number of hydrogen-bond donors (Lipinski definition) is 0. The minimum Gasteiger partial charge on any atom is -0.497 e. The van der Waals surface area contributed by atoms with E-state index in [0.717, 1.165) is 22.7 Å². The third-order valence-corrected chi connectivity index (χ3v) is 4.70. The van der Waals surface area contributed by atoms with Crippen molar-refractivity contribution in [3.63, 3.8) is 0 Å². The van der Waals surface area contributed by atoms with Crippen molar-refractivity contribution < 1.29 is 18.8 Å². The highest BCUT2D eigenvalue weighted by atomic mass is 16.5. The van der Waals surface area contributed by atoms with Gasteiger partial charge >= 0.3 is 0 Å². The van der Waals surface area contributed by atoms with Gasteiger partial charge in [0.2, 0.25) is 17.6 Å². The van der Waals surface area contributed by atoms with Gasteiger partial charge in [0.25, 0.3) is 0 Å². The topological polar surface area (TPSA) is 77.7 Å². The Morgan fingerprint density at radius 2 is 2.00 bits per heavy atom. The normalized spacial score (nSPS) is 16.4. The van der Waals surface area contributed by atoms with Crippen molar-refractivity contribution in [2.24, 2.45) is 0 Å². The first-order valence-corrected chi connectivity index (χ1v) is 9.19. The van der Waals surface area contributed by atoms with Gasteiger partial charge < -0.3 is 18.9 Å². The van der Waals surface area contributed by atoms with Crippen LogP contribution >= 0.6 is 0 Å². The second kappa shape index (κ2) is 7.72. The summed E-state index contributed by atoms with van der Waals surface area (Å²) in [6.45, 7) is 3.05. The Labute approximate surface area is 162 Å². The van der Waals surface area contributed by atoms with Crippen LogP contribution in [0, 0.1) is 0 Å². The zero-order valence-corrected chi connectivity index (χ0v) is 15.8. The highest BCUT2D eigenvalue weighted by Crippen LogP contribution is 2.33. The molecule has 28 heavy (non-hydrogen) atoms. The van der Waals surface area contributed by atoms with Crippen molar-refractivity contribution in [3.8, 4) is 22.9 Å². The predicted octanol–water partition coefficient (Wildman–Crippen LogP) is 3.66. The van der Waals surface area contributed by atoms with Crippen LogP contribution < -0.4 is 14.4 Å². The Morgan fingerprint density at radius 1 is 1.18 bits per heavy atom. The average Bonchev–Trinajstić information content (AvgIpc) is 3.36. The molecule has 1 aliphatic heterocycles. The van der Waals surface area contributed by atoms with Crippen LogP contribution in [0.25, 0.3) is 11.4 Å². The summed E-state index contributed by atoms with van der Waals surface area (Å²) in [4.78, 5) is 18.8. The quantitative estimate of drug-likeness (QED) is 0.650. The number of carbonyl (C=O) groups is 1. The standard InChI is InChI=1S/C21H21N3O4/c1-3-27-17-9-7-16(8-10-17)24-13-15(12-19(24)25)21-22-20(23-28-21)14-5-4-6-18(11-14)26-2/h4-11,15H,3,12-13H2,1-2H3. The van der Waals surface area contributed by atoms with Crippen molar-refractivity contribution in [1.82, 2.24) is 10.1 Å². The second-order valence-electron chi connectivity index (χ2n) is 6.52. The molecule has 2 aromatic carbocycles. The number of aromatic nitrogens is 2. The molecule has 1 amide bonds. The molecule has 1 fully saturated rings. The summed E-state index contributed by atoms with van der Waals surface area (Å²) in [5.41, 5.74) is 1.64. The predicted molar refractivity (Wildman–Crippen MR) is 104 cm³/mol. The van der Waals surface area contributed by atoms with E-state index in [0.29, 0.717) is 31.3 Å². The molecule has 0 spiro atoms. The van der Waals surface area contributed by atoms with Gasteiger partial charge in [-0.2, -0.15) is 4.98 Å². The molecule has 1 aromatic heterocycles. The van der Waals surface area contributed by atoms with Gasteiger partial charge in [-0.1, -0.05) is 17.3 Å². The van der Waals surface area contributed by atoms with Gasteiger partial charge in [-0.15, -0.1) is 0 Å². The fraction of sp³-hybridized carbons (Fsp3) is 0.286. The first kappa shape index (κ1) is 18.0. The largest absolute Gasteiger partial charge is 0.497 e. The smallest absolute Gasteiger partial charge is 0.232 e. The van der Waals surface area contributed by atoms with E-state index in [-0.39, 0.29) is 11.8 Å². The Morgan fingerprint density at radius 3 is 2.75 bits per heavy atom. The molecule has 0 bridgehead atoms. The van der Waals surface area contributed by atoms with Crippen molar-refractivity contribution >= 4 is 11.6 Å². The number of amides is 1. The molecule has 0 aliphatic carbocycles. The van der Waals surface area contributed by atoms with Gasteiger partial charge in [-0.3, -0.25) is 4.79 Å². The maximum Gasteiger partial charge on any atom is 0.232 e. The van der Waals surface area contributed by atoms with E-state index in [2.05, 4.69) is 10.1 Å². The summed E-state index contributed by atoms with van der Waals surface area (Å²) in [5.74, 6) is 2.37. The third-order valence-electron chi connectivity index (χ3n) is 4.70. The van der Waals surface area contributed by atoms with E-state index in [1.54, 1.807) is 12.0 Å². The highest BCUT2D eigenvalue weighted by molar-refractivity contribution is 5.96. The summed E-state index contributed by atoms with van der Waals surface area (Å²) in [6, 6.07) is 15.0. The lowest BCUT2D eigenvalue weighted by atomic mass is 10.1. The Bertz CT molecular complexity index is 968. The number of hydrogen-bond acceptors (Lipinski definition) is 6. The van der Waals surface area contributed by atoms with Crippen molar-refractivity contribution in [2.75, 3.05) is 25.2 Å². The molecule has 0 N–H and O–H groups in total. The van der Waals surface area contributed by atoms with Gasteiger partial charge in [-0.25, -0.2) is 0 Å². The van der Waals surface area contributed by atoms with Crippen LogP contribution in [0.5, 0.6) is 11.5 Å². The van der Waals surface area contributed by atoms with Gasteiger partial charge in [0.05, 0.1) is 19.6 Å². The van der Waals surface area contributed by atoms with Gasteiger partial charge in [0.1, 0.15) is 11.5 Å². The molecule has 7 nitrogen and oxygen atoms in total. The molecule has 2 heterocycles. The molecule has 3 aromatic rings. The number of ether oxygens (including phenoxy) is 2. The molecule has 1 atom stereocenters. The highest BCUT2D eigenvalue weighted by Gasteiger charge is 2.35. The summed E-state index contributed by atoms with van der Waals surface area (Å²) in [7, 11) is 1.61. The monoisotopic (exact) mass is 379 g/mol. The molecule has 0 radical (unpaired) electrons. The van der Waals surface area contributed by atoms with Gasteiger partial charge in [0, 0.05) is 24.2 Å². The fourth-order valence-electron chi connectivity index (χ4n) is 3.29. The maximum atomic E-state index is 12.5. The summed E-state index contributed by atoms with van der Waals surface area (Å²) < 4.78 is 16.2. The minimum absolute atomic E-state index is 0.0373. The number of benzene rings is 2. The molecule has 0 saturated carbocycles. The van der Waals surface area contributed by atoms with E-state index >= 15 is 0 Å². The lowest BCUT2D eigenvalue weighted by Gasteiger charge is -2.16. The van der Waals surface area contributed by atoms with E-state index in [1.807, 2.05) is 55.5 Å². The summed E-state index contributed by atoms with van der Waals surface area (Å²) in [5, 5.41) is 4.07. The molecular formula is C21H21N3O4. The van der Waals surface area contributed by atoms with Crippen LogP contribution in [0.15, 0.2) is 53.1 Å². The Kier molecular flexibility index (Phi) is 4.97. The zero-order valence-electron chi connectivity index (χ0n) is 15.8. The molecule has 1 aliphatic rings. The van der Waals surface area contributed by atoms with Crippen LogP contribution in [0.1, 0.15) is 25.2 Å². The third kappa shape index (κ3) is 3.55. The van der Waals surface area contributed by atoms with Crippen LogP contribution in [0.2, 0.25) is 0 Å². The molecular weight excluding hydrogens is 358 g/mol. The summed E-state index contributed by atoms with van der Waals surface area (Å²) in [6.07, 6.45) is 0.340. The molecule has 1 unspecified atom stereocenters. The van der Waals surface area contributed by atoms with E-state index < -0.39 is 0 Å². The van der Waals surface area contributed by atoms with Gasteiger partial charge in [-0.05, 0) is 43.3 Å². The van der Waals surface area contributed by atoms with Gasteiger partial charge in [0.15, 0.2) is 0 Å². The Hall–Kier alpha value is -3.35. The number of rotatable bonds is 6. The van der Waals surface area contributed by atoms with Crippen molar-refractivity contribution in [1.29, 1.82) is 0 Å².